The molecule has 5 heteroatoms. The van der Waals surface area contributed by atoms with E-state index in [0.29, 0.717) is 23.1 Å². The summed E-state index contributed by atoms with van der Waals surface area (Å²) in [4.78, 5) is 13.5. The van der Waals surface area contributed by atoms with Gasteiger partial charge in [0.15, 0.2) is 4.67 Å². The molecule has 0 aromatic carbocycles. The van der Waals surface area contributed by atoms with Gasteiger partial charge >= 0.3 is 5.97 Å². The van der Waals surface area contributed by atoms with Gasteiger partial charge in [0, 0.05) is 6.54 Å². The summed E-state index contributed by atoms with van der Waals surface area (Å²) in [5.41, 5.74) is 0. The quantitative estimate of drug-likeness (QED) is 0.932. The lowest BCUT2D eigenvalue weighted by molar-refractivity contribution is -0.143. The smallest absolute Gasteiger partial charge is 0.321 e. The molecule has 1 aromatic heterocycles. The number of furan rings is 1. The van der Waals surface area contributed by atoms with E-state index in [1.165, 1.54) is 12.8 Å². The van der Waals surface area contributed by atoms with E-state index in [-0.39, 0.29) is 6.04 Å². The summed E-state index contributed by atoms with van der Waals surface area (Å²) in [6.07, 6.45) is 3.41. The molecule has 1 saturated carbocycles. The normalized spacial score (nSPS) is 31.7. The van der Waals surface area contributed by atoms with E-state index in [1.54, 1.807) is 0 Å². The molecule has 18 heavy (non-hydrogen) atoms. The minimum atomic E-state index is -0.685. The fourth-order valence-electron chi connectivity index (χ4n) is 3.53. The van der Waals surface area contributed by atoms with Crippen molar-refractivity contribution in [2.45, 2.75) is 31.8 Å². The Labute approximate surface area is 114 Å². The molecule has 1 saturated heterocycles. The Morgan fingerprint density at radius 3 is 3.00 bits per heavy atom. The molecule has 0 amide bonds. The van der Waals surface area contributed by atoms with Gasteiger partial charge in [-0.25, -0.2) is 0 Å². The second kappa shape index (κ2) is 4.70. The molecule has 3 atom stereocenters. The number of hydrogen-bond donors (Lipinski definition) is 1. The fourth-order valence-corrected chi connectivity index (χ4v) is 3.87. The summed E-state index contributed by atoms with van der Waals surface area (Å²) in [6.45, 7) is 1.48. The van der Waals surface area contributed by atoms with Gasteiger partial charge in [-0.05, 0) is 52.7 Å². The Hall–Kier alpha value is -0.810. The van der Waals surface area contributed by atoms with Crippen molar-refractivity contribution >= 4 is 21.9 Å². The molecule has 98 valence electrons. The Morgan fingerprint density at radius 1 is 1.50 bits per heavy atom. The number of nitrogens with zero attached hydrogens (tertiary/aromatic N) is 1. The summed E-state index contributed by atoms with van der Waals surface area (Å²) < 4.78 is 6.18. The number of carbonyl (C=O) groups is 1. The van der Waals surface area contributed by atoms with E-state index in [4.69, 9.17) is 4.42 Å². The summed E-state index contributed by atoms with van der Waals surface area (Å²) in [5.74, 6) is 1.04. The highest BCUT2D eigenvalue weighted by atomic mass is 79.9. The predicted molar refractivity (Wildman–Crippen MR) is 69.1 cm³/mol. The summed E-state index contributed by atoms with van der Waals surface area (Å²) in [5, 5.41) is 9.43. The van der Waals surface area contributed by atoms with Gasteiger partial charge in [0.2, 0.25) is 0 Å². The first-order valence-electron chi connectivity index (χ1n) is 6.36. The van der Waals surface area contributed by atoms with Crippen LogP contribution >= 0.6 is 15.9 Å². The first-order chi connectivity index (χ1) is 8.65. The zero-order valence-electron chi connectivity index (χ0n) is 10.0. The van der Waals surface area contributed by atoms with Crippen molar-refractivity contribution in [3.63, 3.8) is 0 Å². The second-order valence-corrected chi connectivity index (χ2v) is 6.05. The number of carboxylic acids is 1. The molecule has 0 bridgehead atoms. The van der Waals surface area contributed by atoms with Crippen LogP contribution in [0.25, 0.3) is 0 Å². The minimum absolute atomic E-state index is 0.332. The van der Waals surface area contributed by atoms with Crippen LogP contribution in [0.15, 0.2) is 21.2 Å². The van der Waals surface area contributed by atoms with Gasteiger partial charge in [-0.15, -0.1) is 0 Å². The van der Waals surface area contributed by atoms with Crippen molar-refractivity contribution in [3.05, 3.63) is 22.6 Å². The van der Waals surface area contributed by atoms with E-state index in [9.17, 15) is 9.90 Å². The van der Waals surface area contributed by atoms with Crippen LogP contribution < -0.4 is 0 Å². The van der Waals surface area contributed by atoms with Gasteiger partial charge in [-0.2, -0.15) is 0 Å². The van der Waals surface area contributed by atoms with Crippen LogP contribution in [0, 0.1) is 11.8 Å². The molecule has 3 rings (SSSR count). The van der Waals surface area contributed by atoms with Gasteiger partial charge in [0.25, 0.3) is 0 Å². The molecule has 0 spiro atoms. The van der Waals surface area contributed by atoms with Gasteiger partial charge in [0.05, 0.1) is 6.54 Å². The summed E-state index contributed by atoms with van der Waals surface area (Å²) in [6, 6.07) is 3.42. The molecule has 0 radical (unpaired) electrons. The number of aliphatic carboxylic acids is 1. The second-order valence-electron chi connectivity index (χ2n) is 5.27. The maximum Gasteiger partial charge on any atom is 0.321 e. The topological polar surface area (TPSA) is 53.7 Å². The Kier molecular flexibility index (Phi) is 3.20. The predicted octanol–water partition coefficient (Wildman–Crippen LogP) is 2.73. The van der Waals surface area contributed by atoms with Crippen LogP contribution in [0.5, 0.6) is 0 Å². The number of fused-ring (bicyclic) bond motifs is 1. The molecular formula is C13H16BrNO3. The first kappa shape index (κ1) is 12.2. The van der Waals surface area contributed by atoms with E-state index in [2.05, 4.69) is 20.8 Å². The highest BCUT2D eigenvalue weighted by molar-refractivity contribution is 9.10. The lowest BCUT2D eigenvalue weighted by atomic mass is 9.94. The molecule has 3 unspecified atom stereocenters. The van der Waals surface area contributed by atoms with E-state index in [1.807, 2.05) is 12.1 Å². The van der Waals surface area contributed by atoms with Gasteiger partial charge < -0.3 is 9.52 Å². The lowest BCUT2D eigenvalue weighted by Gasteiger charge is -2.22. The summed E-state index contributed by atoms with van der Waals surface area (Å²) in [7, 11) is 0. The Bertz CT molecular complexity index is 459. The van der Waals surface area contributed by atoms with Crippen LogP contribution in [0.3, 0.4) is 0 Å². The molecule has 2 aliphatic rings. The number of halogens is 1. The van der Waals surface area contributed by atoms with Crippen LogP contribution in [0.4, 0.5) is 0 Å². The molecule has 1 aliphatic heterocycles. The number of hydrogen-bond acceptors (Lipinski definition) is 3. The SMILES string of the molecule is O=C(O)C1C2CCCC2CN1Cc1ccc(Br)o1. The van der Waals surface area contributed by atoms with Crippen molar-refractivity contribution in [2.24, 2.45) is 11.8 Å². The van der Waals surface area contributed by atoms with Crippen molar-refractivity contribution in [3.8, 4) is 0 Å². The van der Waals surface area contributed by atoms with Crippen molar-refractivity contribution < 1.29 is 14.3 Å². The number of carboxylic acid groups (broad SMARTS) is 1. The van der Waals surface area contributed by atoms with Crippen LogP contribution in [0.2, 0.25) is 0 Å². The maximum absolute atomic E-state index is 11.5. The van der Waals surface area contributed by atoms with Crippen molar-refractivity contribution in [1.29, 1.82) is 0 Å². The third-order valence-electron chi connectivity index (χ3n) is 4.23. The minimum Gasteiger partial charge on any atom is -0.480 e. The Balaban J connectivity index is 1.77. The third-order valence-corrected chi connectivity index (χ3v) is 4.65. The van der Waals surface area contributed by atoms with Crippen molar-refractivity contribution in [1.82, 2.24) is 4.90 Å². The van der Waals surface area contributed by atoms with Crippen LogP contribution in [-0.2, 0) is 11.3 Å². The van der Waals surface area contributed by atoms with E-state index >= 15 is 0 Å². The number of rotatable bonds is 3. The Morgan fingerprint density at radius 2 is 2.33 bits per heavy atom. The molecule has 2 fully saturated rings. The average Bonchev–Trinajstić information content (AvgIpc) is 2.93. The molecule has 1 aromatic rings. The molecule has 2 heterocycles. The summed E-state index contributed by atoms with van der Waals surface area (Å²) >= 11 is 3.27. The highest BCUT2D eigenvalue weighted by Crippen LogP contribution is 2.42. The van der Waals surface area contributed by atoms with Crippen LogP contribution in [0.1, 0.15) is 25.0 Å². The van der Waals surface area contributed by atoms with Crippen LogP contribution in [-0.4, -0.2) is 28.6 Å². The zero-order chi connectivity index (χ0) is 12.7. The molecule has 1 aliphatic carbocycles. The standard InChI is InChI=1S/C13H16BrNO3/c14-11-5-4-9(18-11)7-15-6-8-2-1-3-10(8)12(15)13(16)17/h4-5,8,10,12H,1-3,6-7H2,(H,16,17). The van der Waals surface area contributed by atoms with Gasteiger partial charge in [0.1, 0.15) is 11.8 Å². The number of likely N-dealkylation sites (tertiary alicyclic amines) is 1. The van der Waals surface area contributed by atoms with Crippen molar-refractivity contribution in [2.75, 3.05) is 6.54 Å². The zero-order valence-corrected chi connectivity index (χ0v) is 11.6. The average molecular weight is 314 g/mol. The van der Waals surface area contributed by atoms with E-state index < -0.39 is 5.97 Å². The first-order valence-corrected chi connectivity index (χ1v) is 7.15. The molecule has 4 nitrogen and oxygen atoms in total. The van der Waals surface area contributed by atoms with E-state index in [0.717, 1.165) is 18.7 Å². The maximum atomic E-state index is 11.5. The lowest BCUT2D eigenvalue weighted by Crippen LogP contribution is -2.39. The molecular weight excluding hydrogens is 298 g/mol. The largest absolute Gasteiger partial charge is 0.480 e. The van der Waals surface area contributed by atoms with Gasteiger partial charge in [-0.3, -0.25) is 9.69 Å². The fraction of sp³-hybridized carbons (Fsp3) is 0.615. The monoisotopic (exact) mass is 313 g/mol. The highest BCUT2D eigenvalue weighted by Gasteiger charge is 2.47. The van der Waals surface area contributed by atoms with Gasteiger partial charge in [-0.1, -0.05) is 6.42 Å². The molecule has 1 N–H and O–H groups in total. The third kappa shape index (κ3) is 2.10.